The highest BCUT2D eigenvalue weighted by atomic mass is 19.1. The van der Waals surface area contributed by atoms with Crippen molar-refractivity contribution in [2.45, 2.75) is 25.7 Å². The van der Waals surface area contributed by atoms with Crippen molar-refractivity contribution < 1.29 is 9.18 Å². The van der Waals surface area contributed by atoms with Crippen LogP contribution in [0.1, 0.15) is 36.0 Å². The van der Waals surface area contributed by atoms with Gasteiger partial charge in [-0.25, -0.2) is 9.37 Å². The van der Waals surface area contributed by atoms with E-state index in [2.05, 4.69) is 15.5 Å². The van der Waals surface area contributed by atoms with Crippen LogP contribution in [0.25, 0.3) is 22.2 Å². The number of aromatic nitrogens is 1. The molecule has 0 atom stereocenters. The molecule has 0 bridgehead atoms. The third kappa shape index (κ3) is 5.02. The topological polar surface area (TPSA) is 57.3 Å². The van der Waals surface area contributed by atoms with E-state index < -0.39 is 11.7 Å². The molecule has 6 heteroatoms. The van der Waals surface area contributed by atoms with Crippen LogP contribution in [0.4, 0.5) is 10.1 Å². The van der Waals surface area contributed by atoms with Crippen LogP contribution in [-0.2, 0) is 0 Å². The van der Waals surface area contributed by atoms with Crippen LogP contribution >= 0.6 is 0 Å². The molecule has 2 heterocycles. The molecule has 1 fully saturated rings. The van der Waals surface area contributed by atoms with Gasteiger partial charge in [0.15, 0.2) is 0 Å². The van der Waals surface area contributed by atoms with Gasteiger partial charge in [0.1, 0.15) is 5.82 Å². The summed E-state index contributed by atoms with van der Waals surface area (Å²) >= 11 is 0. The number of pyridine rings is 1. The van der Waals surface area contributed by atoms with Crippen molar-refractivity contribution in [1.82, 2.24) is 15.2 Å². The largest absolute Gasteiger partial charge is 0.384 e. The number of anilines is 1. The third-order valence-electron chi connectivity index (χ3n) is 5.87. The number of nitrogens with one attached hydrogen (secondary N) is 2. The summed E-state index contributed by atoms with van der Waals surface area (Å²) in [5.41, 5.74) is 3.21. The van der Waals surface area contributed by atoms with Crippen LogP contribution < -0.4 is 10.6 Å². The molecule has 0 radical (unpaired) electrons. The normalized spacial score (nSPS) is 14.5. The van der Waals surface area contributed by atoms with Crippen molar-refractivity contribution in [3.63, 3.8) is 0 Å². The number of hydrogen-bond donors (Lipinski definition) is 2. The molecular formula is C25H29FN4O. The summed E-state index contributed by atoms with van der Waals surface area (Å²) in [6.45, 7) is 4.39. The van der Waals surface area contributed by atoms with Crippen molar-refractivity contribution in [2.75, 3.05) is 38.5 Å². The first kappa shape index (κ1) is 21.2. The average Bonchev–Trinajstić information content (AvgIpc) is 2.81. The minimum atomic E-state index is -0.553. The molecule has 1 amide bonds. The quantitative estimate of drug-likeness (QED) is 0.545. The van der Waals surface area contributed by atoms with E-state index in [1.807, 2.05) is 30.3 Å². The number of nitrogens with zero attached hydrogens (tertiary/aromatic N) is 2. The zero-order chi connectivity index (χ0) is 21.6. The predicted octanol–water partition coefficient (Wildman–Crippen LogP) is 4.69. The lowest BCUT2D eigenvalue weighted by Crippen LogP contribution is -2.31. The molecule has 31 heavy (non-hydrogen) atoms. The minimum absolute atomic E-state index is 0.0306. The van der Waals surface area contributed by atoms with E-state index in [-0.39, 0.29) is 5.56 Å². The van der Waals surface area contributed by atoms with Gasteiger partial charge in [-0.15, -0.1) is 0 Å². The highest BCUT2D eigenvalue weighted by molar-refractivity contribution is 5.96. The van der Waals surface area contributed by atoms with E-state index in [0.717, 1.165) is 36.1 Å². The second kappa shape index (κ2) is 9.88. The van der Waals surface area contributed by atoms with Crippen molar-refractivity contribution in [1.29, 1.82) is 0 Å². The van der Waals surface area contributed by atoms with Gasteiger partial charge >= 0.3 is 0 Å². The Kier molecular flexibility index (Phi) is 6.77. The van der Waals surface area contributed by atoms with Gasteiger partial charge in [0.25, 0.3) is 5.91 Å². The number of piperidine rings is 1. The molecule has 0 aliphatic carbocycles. The zero-order valence-corrected chi connectivity index (χ0v) is 18.0. The Labute approximate surface area is 182 Å². The van der Waals surface area contributed by atoms with Crippen LogP contribution in [0.2, 0.25) is 0 Å². The van der Waals surface area contributed by atoms with E-state index in [1.165, 1.54) is 51.5 Å². The number of para-hydroxylation sites is 1. The van der Waals surface area contributed by atoms with E-state index >= 15 is 0 Å². The summed E-state index contributed by atoms with van der Waals surface area (Å²) < 4.78 is 14.5. The predicted molar refractivity (Wildman–Crippen MR) is 124 cm³/mol. The van der Waals surface area contributed by atoms with Gasteiger partial charge in [-0.2, -0.15) is 0 Å². The van der Waals surface area contributed by atoms with Crippen LogP contribution in [0, 0.1) is 5.82 Å². The lowest BCUT2D eigenvalue weighted by Gasteiger charge is -2.26. The molecule has 5 nitrogen and oxygen atoms in total. The fourth-order valence-electron chi connectivity index (χ4n) is 4.17. The van der Waals surface area contributed by atoms with Gasteiger partial charge in [-0.1, -0.05) is 30.7 Å². The van der Waals surface area contributed by atoms with Crippen molar-refractivity contribution in [3.05, 3.63) is 59.9 Å². The maximum atomic E-state index is 14.5. The fourth-order valence-corrected chi connectivity index (χ4v) is 4.17. The van der Waals surface area contributed by atoms with Crippen molar-refractivity contribution in [2.24, 2.45) is 0 Å². The number of carbonyl (C=O) groups is 1. The molecule has 0 saturated carbocycles. The third-order valence-corrected chi connectivity index (χ3v) is 5.87. The highest BCUT2D eigenvalue weighted by Crippen LogP contribution is 2.29. The van der Waals surface area contributed by atoms with Crippen molar-refractivity contribution >= 4 is 22.5 Å². The Morgan fingerprint density at radius 3 is 2.68 bits per heavy atom. The molecular weight excluding hydrogens is 391 g/mol. The Bertz CT molecular complexity index is 1060. The van der Waals surface area contributed by atoms with Gasteiger partial charge in [0, 0.05) is 30.2 Å². The second-order valence-corrected chi connectivity index (χ2v) is 8.03. The minimum Gasteiger partial charge on any atom is -0.384 e. The summed E-state index contributed by atoms with van der Waals surface area (Å²) in [6.07, 6.45) is 5.04. The molecule has 1 aromatic heterocycles. The van der Waals surface area contributed by atoms with Crippen molar-refractivity contribution in [3.8, 4) is 11.3 Å². The van der Waals surface area contributed by atoms with Gasteiger partial charge < -0.3 is 15.5 Å². The standard InChI is InChI=1S/C25H29FN4O/c1-27-25(31)19-11-10-18(16-21(19)26)23-17-24(20-8-3-4-9-22(20)29-23)28-12-7-15-30-13-5-2-6-14-30/h3-4,8-11,16-17H,2,5-7,12-15H2,1H3,(H,27,31)(H,28,29). The van der Waals surface area contributed by atoms with E-state index in [1.54, 1.807) is 6.07 Å². The fraction of sp³-hybridized carbons (Fsp3) is 0.360. The Morgan fingerprint density at radius 1 is 1.10 bits per heavy atom. The Hall–Kier alpha value is -2.99. The van der Waals surface area contributed by atoms with Gasteiger partial charge in [-0.05, 0) is 63.2 Å². The zero-order valence-electron chi connectivity index (χ0n) is 18.0. The van der Waals surface area contributed by atoms with E-state index in [4.69, 9.17) is 4.98 Å². The first-order valence-electron chi connectivity index (χ1n) is 11.0. The first-order chi connectivity index (χ1) is 15.2. The SMILES string of the molecule is CNC(=O)c1ccc(-c2cc(NCCCN3CCCCC3)c3ccccc3n2)cc1F. The monoisotopic (exact) mass is 420 g/mol. The Morgan fingerprint density at radius 2 is 1.90 bits per heavy atom. The maximum Gasteiger partial charge on any atom is 0.253 e. The molecule has 1 aliphatic rings. The average molecular weight is 421 g/mol. The number of likely N-dealkylation sites (tertiary alicyclic amines) is 1. The summed E-state index contributed by atoms with van der Waals surface area (Å²) in [4.78, 5) is 19.1. The van der Waals surface area contributed by atoms with Crippen LogP contribution in [0.5, 0.6) is 0 Å². The molecule has 4 rings (SSSR count). The Balaban J connectivity index is 1.55. The summed E-state index contributed by atoms with van der Waals surface area (Å²) in [5, 5.41) is 7.07. The lowest BCUT2D eigenvalue weighted by atomic mass is 10.0. The number of fused-ring (bicyclic) bond motifs is 1. The van der Waals surface area contributed by atoms with Gasteiger partial charge in [-0.3, -0.25) is 4.79 Å². The number of carbonyl (C=O) groups excluding carboxylic acids is 1. The molecule has 1 saturated heterocycles. The second-order valence-electron chi connectivity index (χ2n) is 8.03. The molecule has 1 aliphatic heterocycles. The summed E-state index contributed by atoms with van der Waals surface area (Å²) in [7, 11) is 1.49. The van der Waals surface area contributed by atoms with Gasteiger partial charge in [0.2, 0.25) is 0 Å². The van der Waals surface area contributed by atoms with Crippen LogP contribution in [0.3, 0.4) is 0 Å². The number of halogens is 1. The molecule has 0 spiro atoms. The first-order valence-corrected chi connectivity index (χ1v) is 11.0. The molecule has 2 N–H and O–H groups in total. The summed E-state index contributed by atoms with van der Waals surface area (Å²) in [5.74, 6) is -0.991. The summed E-state index contributed by atoms with van der Waals surface area (Å²) in [6, 6.07) is 14.6. The smallest absolute Gasteiger partial charge is 0.253 e. The van der Waals surface area contributed by atoms with E-state index in [9.17, 15) is 9.18 Å². The lowest BCUT2D eigenvalue weighted by molar-refractivity contribution is 0.0959. The van der Waals surface area contributed by atoms with Crippen LogP contribution in [0.15, 0.2) is 48.5 Å². The number of amides is 1. The highest BCUT2D eigenvalue weighted by Gasteiger charge is 2.14. The number of hydrogen-bond acceptors (Lipinski definition) is 4. The molecule has 162 valence electrons. The maximum absolute atomic E-state index is 14.5. The number of rotatable bonds is 7. The molecule has 0 unspecified atom stereocenters. The van der Waals surface area contributed by atoms with Gasteiger partial charge in [0.05, 0.1) is 16.8 Å². The number of benzene rings is 2. The van der Waals surface area contributed by atoms with E-state index in [0.29, 0.717) is 11.3 Å². The molecule has 2 aromatic carbocycles. The van der Waals surface area contributed by atoms with Crippen LogP contribution in [-0.4, -0.2) is 49.0 Å². The molecule has 3 aromatic rings.